The van der Waals surface area contributed by atoms with Crippen LogP contribution >= 0.6 is 0 Å². The molecule has 6 heteroatoms. The number of rotatable bonds is 8. The molecule has 0 N–H and O–H groups in total. The Labute approximate surface area is 405 Å². The largest absolute Gasteiger partial charge is 0.208 e. The van der Waals surface area contributed by atoms with E-state index in [1.54, 1.807) is 0 Å². The maximum absolute atomic E-state index is 10.2. The Morgan fingerprint density at radius 3 is 0.926 bits per heavy atom. The van der Waals surface area contributed by atoms with Gasteiger partial charge in [0.25, 0.3) is 0 Å². The van der Waals surface area contributed by atoms with Crippen molar-refractivity contribution in [2.45, 2.75) is 11.8 Å². The van der Waals surface area contributed by atoms with Crippen molar-refractivity contribution in [3.8, 4) is 90.6 Å². The average molecular weight is 877 g/mol. The van der Waals surface area contributed by atoms with E-state index in [2.05, 4.69) is 0 Å². The summed E-state index contributed by atoms with van der Waals surface area (Å²) in [6.07, 6.45) is 0. The maximum atomic E-state index is 10.2. The Balaban J connectivity index is 1.02. The summed E-state index contributed by atoms with van der Waals surface area (Å²) in [5, 5.41) is 0. The molecule has 0 saturated carbocycles. The van der Waals surface area contributed by atoms with Gasteiger partial charge in [0.1, 0.15) is 0 Å². The Hall–Kier alpha value is -9.00. The summed E-state index contributed by atoms with van der Waals surface area (Å²) in [6, 6.07) is 55.8. The van der Waals surface area contributed by atoms with E-state index in [9.17, 15) is 8.22 Å². The molecule has 0 spiro atoms. The molecule has 3 aliphatic rings. The van der Waals surface area contributed by atoms with Gasteiger partial charge < -0.3 is 0 Å². The highest BCUT2D eigenvalue weighted by atomic mass is 15.0. The summed E-state index contributed by atoms with van der Waals surface area (Å²) in [5.74, 6) is -0.661. The molecule has 2 bridgehead atoms. The SMILES string of the molecule is [2H]c1cc(-c2nc(-c3ccccc3)nc(-c3cccc(-c4ccccc4)c3)n2)c([2H])c2c1C1c3c([2H])c(-c4nc(-c5ccccc5)nc(-c5cccc(-c6ccccc6)c5)n4)cc([2H])c3C2c2c([2H])c([2H])c([2H])c([2H])c21. The molecule has 0 radical (unpaired) electrons. The first-order valence-corrected chi connectivity index (χ1v) is 22.4. The minimum atomic E-state index is -1.15. The standard InChI is InChI=1S/C62H40N6/c1-5-17-39(18-6-1)43-25-15-27-45(35-43)59-63-57(41-21-9-3-10-22-41)65-61(67-59)47-31-33-51-53(37-47)55-49-29-13-14-30-50(49)56(51)54-38-48(32-34-52(54)55)62-66-58(42-23-11-4-12-24-42)64-60(68-62)46-28-16-26-44(36-46)40-19-7-2-8-20-40/h1-38,55-56H/i13D,14D,29D,30D,33D,34D,37D,38D. The van der Waals surface area contributed by atoms with Crippen molar-refractivity contribution in [1.82, 2.24) is 29.9 Å². The molecule has 0 aliphatic heterocycles. The van der Waals surface area contributed by atoms with E-state index in [1.807, 2.05) is 170 Å². The second kappa shape index (κ2) is 16.5. The van der Waals surface area contributed by atoms with Crippen LogP contribution in [0.15, 0.2) is 230 Å². The number of hydrogen-bond acceptors (Lipinski definition) is 6. The minimum Gasteiger partial charge on any atom is -0.208 e. The lowest BCUT2D eigenvalue weighted by Gasteiger charge is -2.42. The molecule has 68 heavy (non-hydrogen) atoms. The topological polar surface area (TPSA) is 77.3 Å². The molecular weight excluding hydrogens is 829 g/mol. The van der Waals surface area contributed by atoms with Crippen molar-refractivity contribution < 1.29 is 11.0 Å². The lowest BCUT2D eigenvalue weighted by atomic mass is 9.61. The average Bonchev–Trinajstić information content (AvgIpc) is 3.66. The van der Waals surface area contributed by atoms with E-state index in [0.29, 0.717) is 67.8 Å². The van der Waals surface area contributed by atoms with Crippen molar-refractivity contribution in [1.29, 1.82) is 0 Å². The van der Waals surface area contributed by atoms with E-state index >= 15 is 0 Å². The lowest BCUT2D eigenvalue weighted by molar-refractivity contribution is 0.754. The normalized spacial score (nSPS) is 15.8. The Morgan fingerprint density at radius 1 is 0.250 bits per heavy atom. The van der Waals surface area contributed by atoms with Gasteiger partial charge in [-0.15, -0.1) is 0 Å². The number of aromatic nitrogens is 6. The number of benzene rings is 9. The van der Waals surface area contributed by atoms with E-state index in [1.165, 1.54) is 12.1 Å². The van der Waals surface area contributed by atoms with Crippen molar-refractivity contribution in [3.05, 3.63) is 264 Å². The zero-order valence-corrected chi connectivity index (χ0v) is 36.2. The second-order valence-electron chi connectivity index (χ2n) is 16.7. The van der Waals surface area contributed by atoms with Gasteiger partial charge in [0.2, 0.25) is 0 Å². The van der Waals surface area contributed by atoms with Gasteiger partial charge in [-0.25, -0.2) is 29.9 Å². The fourth-order valence-electron chi connectivity index (χ4n) is 9.40. The smallest absolute Gasteiger partial charge is 0.164 e. The highest BCUT2D eigenvalue weighted by Crippen LogP contribution is 2.56. The van der Waals surface area contributed by atoms with Crippen LogP contribution in [-0.2, 0) is 0 Å². The predicted octanol–water partition coefficient (Wildman–Crippen LogP) is 14.4. The third-order valence-electron chi connectivity index (χ3n) is 12.6. The molecular formula is C62H40N6. The van der Waals surface area contributed by atoms with Crippen LogP contribution in [0.3, 0.4) is 0 Å². The van der Waals surface area contributed by atoms with Crippen molar-refractivity contribution in [3.63, 3.8) is 0 Å². The molecule has 6 nitrogen and oxygen atoms in total. The van der Waals surface area contributed by atoms with Crippen molar-refractivity contribution >= 4 is 0 Å². The predicted molar refractivity (Wildman–Crippen MR) is 271 cm³/mol. The molecule has 318 valence electrons. The monoisotopic (exact) mass is 876 g/mol. The van der Waals surface area contributed by atoms with E-state index in [4.69, 9.17) is 32.6 Å². The number of nitrogens with zero attached hydrogens (tertiary/aromatic N) is 6. The van der Waals surface area contributed by atoms with Crippen LogP contribution in [0.25, 0.3) is 90.6 Å². The molecule has 2 heterocycles. The van der Waals surface area contributed by atoms with E-state index < -0.39 is 23.9 Å². The summed E-state index contributed by atoms with van der Waals surface area (Å²) >= 11 is 0. The Morgan fingerprint density at radius 2 is 0.544 bits per heavy atom. The Kier molecular flexibility index (Phi) is 7.70. The molecule has 9 aromatic carbocycles. The minimum absolute atomic E-state index is 0.0440. The molecule has 2 unspecified atom stereocenters. The first-order valence-electron chi connectivity index (χ1n) is 26.4. The molecule has 0 saturated heterocycles. The molecule has 14 rings (SSSR count). The summed E-state index contributed by atoms with van der Waals surface area (Å²) in [5.41, 5.74) is 8.75. The van der Waals surface area contributed by atoms with Crippen LogP contribution in [0.2, 0.25) is 0 Å². The van der Waals surface area contributed by atoms with Crippen LogP contribution in [0.4, 0.5) is 0 Å². The zero-order chi connectivity index (χ0) is 51.9. The second-order valence-corrected chi connectivity index (χ2v) is 16.7. The van der Waals surface area contributed by atoms with Gasteiger partial charge in [0.05, 0.1) is 11.0 Å². The fourth-order valence-corrected chi connectivity index (χ4v) is 9.40. The van der Waals surface area contributed by atoms with Crippen LogP contribution in [0, 0.1) is 0 Å². The van der Waals surface area contributed by atoms with Gasteiger partial charge in [-0.2, -0.15) is 0 Å². The van der Waals surface area contributed by atoms with Crippen LogP contribution in [0.5, 0.6) is 0 Å². The summed E-state index contributed by atoms with van der Waals surface area (Å²) in [4.78, 5) is 29.9. The van der Waals surface area contributed by atoms with Crippen LogP contribution < -0.4 is 0 Å². The lowest BCUT2D eigenvalue weighted by Crippen LogP contribution is -2.27. The van der Waals surface area contributed by atoms with E-state index in [-0.39, 0.29) is 70.2 Å². The highest BCUT2D eigenvalue weighted by molar-refractivity contribution is 5.78. The molecule has 2 atom stereocenters. The third kappa shape index (κ3) is 6.98. The van der Waals surface area contributed by atoms with E-state index in [0.717, 1.165) is 22.3 Å². The zero-order valence-electron chi connectivity index (χ0n) is 44.2. The third-order valence-corrected chi connectivity index (χ3v) is 12.6. The summed E-state index contributed by atoms with van der Waals surface area (Å²) < 4.78 is 76.9. The van der Waals surface area contributed by atoms with Gasteiger partial charge >= 0.3 is 0 Å². The van der Waals surface area contributed by atoms with Gasteiger partial charge in [-0.05, 0) is 79.9 Å². The van der Waals surface area contributed by atoms with Crippen molar-refractivity contribution in [2.75, 3.05) is 0 Å². The first kappa shape index (κ1) is 31.8. The molecule has 0 amide bonds. The van der Waals surface area contributed by atoms with Crippen LogP contribution in [-0.4, -0.2) is 29.9 Å². The summed E-state index contributed by atoms with van der Waals surface area (Å²) in [7, 11) is 0. The molecule has 0 fully saturated rings. The van der Waals surface area contributed by atoms with Gasteiger partial charge in [0.15, 0.2) is 34.9 Å². The van der Waals surface area contributed by atoms with Crippen LogP contribution in [0.1, 0.15) is 56.2 Å². The van der Waals surface area contributed by atoms with Crippen molar-refractivity contribution in [2.24, 2.45) is 0 Å². The maximum Gasteiger partial charge on any atom is 0.164 e. The molecule has 11 aromatic rings. The molecule has 3 aliphatic carbocycles. The summed E-state index contributed by atoms with van der Waals surface area (Å²) in [6.45, 7) is 0. The molecule has 2 aromatic heterocycles. The fraction of sp³-hybridized carbons (Fsp3) is 0.0323. The first-order chi connectivity index (χ1) is 37.0. The number of hydrogen-bond donors (Lipinski definition) is 0. The quantitative estimate of drug-likeness (QED) is 0.151. The van der Waals surface area contributed by atoms with Gasteiger partial charge in [-0.3, -0.25) is 0 Å². The Bertz CT molecular complexity index is 3900. The van der Waals surface area contributed by atoms with Gasteiger partial charge in [-0.1, -0.05) is 206 Å². The van der Waals surface area contributed by atoms with Gasteiger partial charge in [0, 0.05) is 45.2 Å². The highest BCUT2D eigenvalue weighted by Gasteiger charge is 2.41.